The molecular weight excluding hydrogens is 302 g/mol. The molecule has 3 N–H and O–H groups in total. The lowest BCUT2D eigenvalue weighted by Gasteiger charge is -2.21. The quantitative estimate of drug-likeness (QED) is 0.591. The van der Waals surface area contributed by atoms with E-state index in [1.807, 2.05) is 45.0 Å². The molecular formula is C18H25N5O. The number of nitrogens with zero attached hydrogens (tertiary/aromatic N) is 2. The van der Waals surface area contributed by atoms with Crippen LogP contribution in [-0.4, -0.2) is 36.0 Å². The fourth-order valence-electron chi connectivity index (χ4n) is 2.34. The average Bonchev–Trinajstić information content (AvgIpc) is 2.53. The number of hydrogen-bond acceptors (Lipinski definition) is 3. The zero-order valence-electron chi connectivity index (χ0n) is 14.7. The molecule has 1 aromatic carbocycles. The number of carbonyl (C=O) groups is 1. The first-order valence-electron chi connectivity index (χ1n) is 7.97. The van der Waals surface area contributed by atoms with Crippen LogP contribution in [0.4, 0.5) is 0 Å². The molecule has 0 atom stereocenters. The van der Waals surface area contributed by atoms with Crippen LogP contribution in [0.2, 0.25) is 0 Å². The number of aliphatic imine (C=N–C) groups is 1. The highest BCUT2D eigenvalue weighted by molar-refractivity contribution is 5.87. The molecule has 1 heterocycles. The number of aromatic nitrogens is 1. The Bertz CT molecular complexity index is 728. The van der Waals surface area contributed by atoms with Gasteiger partial charge in [-0.2, -0.15) is 0 Å². The molecule has 6 nitrogen and oxygen atoms in total. The molecule has 0 aliphatic heterocycles. The lowest BCUT2D eigenvalue weighted by molar-refractivity contribution is -0.121. The van der Waals surface area contributed by atoms with Gasteiger partial charge in [-0.15, -0.1) is 0 Å². The van der Waals surface area contributed by atoms with E-state index in [-0.39, 0.29) is 18.0 Å². The Morgan fingerprint density at radius 2 is 1.92 bits per heavy atom. The van der Waals surface area contributed by atoms with Gasteiger partial charge in [-0.3, -0.25) is 14.8 Å². The van der Waals surface area contributed by atoms with E-state index in [9.17, 15) is 4.79 Å². The minimum Gasteiger partial charge on any atom is -0.351 e. The molecule has 0 saturated carbocycles. The largest absolute Gasteiger partial charge is 0.351 e. The van der Waals surface area contributed by atoms with E-state index in [4.69, 9.17) is 0 Å². The molecule has 0 saturated heterocycles. The molecule has 1 aromatic heterocycles. The first-order chi connectivity index (χ1) is 11.4. The van der Waals surface area contributed by atoms with Crippen LogP contribution in [0.1, 0.15) is 26.5 Å². The molecule has 1 amide bonds. The highest BCUT2D eigenvalue weighted by atomic mass is 16.2. The fourth-order valence-corrected chi connectivity index (χ4v) is 2.34. The second-order valence-corrected chi connectivity index (χ2v) is 6.56. The van der Waals surface area contributed by atoms with Crippen LogP contribution in [0.15, 0.2) is 41.5 Å². The third kappa shape index (κ3) is 5.22. The average molecular weight is 327 g/mol. The third-order valence-electron chi connectivity index (χ3n) is 3.33. The van der Waals surface area contributed by atoms with Gasteiger partial charge in [0.15, 0.2) is 5.96 Å². The number of hydrogen-bond donors (Lipinski definition) is 3. The van der Waals surface area contributed by atoms with Crippen molar-refractivity contribution in [2.75, 3.05) is 13.6 Å². The van der Waals surface area contributed by atoms with Crippen LogP contribution in [0.25, 0.3) is 10.8 Å². The normalized spacial score (nSPS) is 12.1. The molecule has 0 spiro atoms. The van der Waals surface area contributed by atoms with Crippen LogP contribution in [0.3, 0.4) is 0 Å². The van der Waals surface area contributed by atoms with Crippen LogP contribution in [0, 0.1) is 0 Å². The molecule has 6 heteroatoms. The second-order valence-electron chi connectivity index (χ2n) is 6.56. The number of guanidine groups is 1. The Balaban J connectivity index is 1.93. The second kappa shape index (κ2) is 7.77. The van der Waals surface area contributed by atoms with Crippen LogP contribution < -0.4 is 16.0 Å². The van der Waals surface area contributed by atoms with E-state index >= 15 is 0 Å². The van der Waals surface area contributed by atoms with Gasteiger partial charge in [0.25, 0.3) is 0 Å². The zero-order chi connectivity index (χ0) is 17.6. The Kier molecular flexibility index (Phi) is 5.73. The van der Waals surface area contributed by atoms with Crippen molar-refractivity contribution >= 4 is 22.6 Å². The predicted octanol–water partition coefficient (Wildman–Crippen LogP) is 1.81. The Labute approximate surface area is 142 Å². The molecule has 128 valence electrons. The highest BCUT2D eigenvalue weighted by Crippen LogP contribution is 2.15. The molecule has 0 unspecified atom stereocenters. The summed E-state index contributed by atoms with van der Waals surface area (Å²) in [5, 5.41) is 11.4. The van der Waals surface area contributed by atoms with Crippen LogP contribution in [0.5, 0.6) is 0 Å². The van der Waals surface area contributed by atoms with Gasteiger partial charge in [0.2, 0.25) is 5.91 Å². The van der Waals surface area contributed by atoms with Crippen molar-refractivity contribution in [1.82, 2.24) is 20.9 Å². The number of rotatable bonds is 4. The van der Waals surface area contributed by atoms with E-state index in [0.717, 1.165) is 16.5 Å². The monoisotopic (exact) mass is 327 g/mol. The first kappa shape index (κ1) is 17.7. The summed E-state index contributed by atoms with van der Waals surface area (Å²) in [4.78, 5) is 20.4. The summed E-state index contributed by atoms with van der Waals surface area (Å²) in [5.41, 5.74) is 0.693. The van der Waals surface area contributed by atoms with E-state index in [2.05, 4.69) is 32.0 Å². The van der Waals surface area contributed by atoms with Gasteiger partial charge < -0.3 is 16.0 Å². The van der Waals surface area contributed by atoms with E-state index in [0.29, 0.717) is 12.5 Å². The summed E-state index contributed by atoms with van der Waals surface area (Å²) in [6.45, 7) is 6.54. The summed E-state index contributed by atoms with van der Waals surface area (Å²) < 4.78 is 0. The lowest BCUT2D eigenvalue weighted by Crippen LogP contribution is -2.48. The van der Waals surface area contributed by atoms with Crippen molar-refractivity contribution in [1.29, 1.82) is 0 Å². The minimum atomic E-state index is -0.247. The summed E-state index contributed by atoms with van der Waals surface area (Å²) in [5.74, 6) is 0.488. The zero-order valence-corrected chi connectivity index (χ0v) is 14.7. The smallest absolute Gasteiger partial charge is 0.239 e. The van der Waals surface area contributed by atoms with E-state index in [1.165, 1.54) is 0 Å². The highest BCUT2D eigenvalue weighted by Gasteiger charge is 2.13. The lowest BCUT2D eigenvalue weighted by atomic mass is 10.1. The van der Waals surface area contributed by atoms with Crippen molar-refractivity contribution in [3.8, 4) is 0 Å². The number of benzene rings is 1. The number of carbonyl (C=O) groups excluding carboxylic acids is 1. The number of nitrogens with one attached hydrogen (secondary N) is 3. The Morgan fingerprint density at radius 3 is 2.62 bits per heavy atom. The molecule has 0 bridgehead atoms. The molecule has 0 radical (unpaired) electrons. The van der Waals surface area contributed by atoms with Crippen molar-refractivity contribution in [2.24, 2.45) is 4.99 Å². The molecule has 0 fully saturated rings. The van der Waals surface area contributed by atoms with E-state index in [1.54, 1.807) is 13.2 Å². The number of fused-ring (bicyclic) bond motifs is 1. The first-order valence-corrected chi connectivity index (χ1v) is 7.97. The predicted molar refractivity (Wildman–Crippen MR) is 97.8 cm³/mol. The molecule has 0 aliphatic carbocycles. The van der Waals surface area contributed by atoms with Crippen LogP contribution >= 0.6 is 0 Å². The maximum absolute atomic E-state index is 11.9. The minimum absolute atomic E-state index is 0.0752. The summed E-state index contributed by atoms with van der Waals surface area (Å²) in [7, 11) is 1.67. The number of amides is 1. The van der Waals surface area contributed by atoms with Gasteiger partial charge in [-0.25, -0.2) is 0 Å². The van der Waals surface area contributed by atoms with Crippen molar-refractivity contribution < 1.29 is 4.79 Å². The van der Waals surface area contributed by atoms with Gasteiger partial charge in [0, 0.05) is 24.2 Å². The van der Waals surface area contributed by atoms with Gasteiger partial charge in [0.05, 0.1) is 18.8 Å². The number of pyridine rings is 1. The molecule has 2 rings (SSSR count). The molecule has 2 aromatic rings. The van der Waals surface area contributed by atoms with Crippen molar-refractivity contribution in [2.45, 2.75) is 32.9 Å². The topological polar surface area (TPSA) is 78.4 Å². The summed E-state index contributed by atoms with van der Waals surface area (Å²) >= 11 is 0. The maximum atomic E-state index is 11.9. The fraction of sp³-hybridized carbons (Fsp3) is 0.389. The Hall–Kier alpha value is -2.63. The van der Waals surface area contributed by atoms with Crippen LogP contribution in [-0.2, 0) is 11.3 Å². The van der Waals surface area contributed by atoms with Gasteiger partial charge >= 0.3 is 0 Å². The standard InChI is InChI=1S/C18H25N5O/c1-18(2,3)23-16(24)12-22-17(19-4)21-11-15-14-8-6-5-7-13(14)9-10-20-15/h5-10H,11-12H2,1-4H3,(H,23,24)(H2,19,21,22). The molecule has 24 heavy (non-hydrogen) atoms. The third-order valence-corrected chi connectivity index (χ3v) is 3.33. The molecule has 0 aliphatic rings. The van der Waals surface area contributed by atoms with Crippen molar-refractivity contribution in [3.63, 3.8) is 0 Å². The van der Waals surface area contributed by atoms with E-state index < -0.39 is 0 Å². The van der Waals surface area contributed by atoms with Gasteiger partial charge in [0.1, 0.15) is 0 Å². The SMILES string of the molecule is CN=C(NCC(=O)NC(C)(C)C)NCc1nccc2ccccc12. The van der Waals surface area contributed by atoms with Gasteiger partial charge in [-0.1, -0.05) is 24.3 Å². The Morgan fingerprint density at radius 1 is 1.17 bits per heavy atom. The van der Waals surface area contributed by atoms with Gasteiger partial charge in [-0.05, 0) is 32.2 Å². The summed E-state index contributed by atoms with van der Waals surface area (Å²) in [6.07, 6.45) is 1.80. The maximum Gasteiger partial charge on any atom is 0.239 e. The van der Waals surface area contributed by atoms with Crippen molar-refractivity contribution in [3.05, 3.63) is 42.2 Å². The summed E-state index contributed by atoms with van der Waals surface area (Å²) in [6, 6.07) is 10.1.